The molecule has 3 heterocycles. The summed E-state index contributed by atoms with van der Waals surface area (Å²) in [6.07, 6.45) is 5.72. The maximum absolute atomic E-state index is 13.3. The number of amides is 1. The molecule has 3 aliphatic rings. The van der Waals surface area contributed by atoms with Gasteiger partial charge in [-0.15, -0.1) is 11.3 Å². The summed E-state index contributed by atoms with van der Waals surface area (Å²) in [6.45, 7) is 3.64. The topological polar surface area (TPSA) is 49.4 Å². The third-order valence-electron chi connectivity index (χ3n) is 5.48. The highest BCUT2D eigenvalue weighted by Gasteiger charge is 2.40. The summed E-state index contributed by atoms with van der Waals surface area (Å²) in [5.74, 6) is 0.107. The summed E-state index contributed by atoms with van der Waals surface area (Å²) in [6, 6.07) is 4.07. The van der Waals surface area contributed by atoms with Crippen molar-refractivity contribution < 1.29 is 9.59 Å². The number of carbonyl (C=O) groups is 2. The molecule has 1 atom stereocenters. The van der Waals surface area contributed by atoms with Gasteiger partial charge in [0.25, 0.3) is 5.91 Å². The fraction of sp³-hybridized carbons (Fsp3) is 0.500. The molecule has 1 N–H and O–H groups in total. The second-order valence-corrected chi connectivity index (χ2v) is 8.11. The fourth-order valence-corrected chi connectivity index (χ4v) is 5.12. The van der Waals surface area contributed by atoms with E-state index in [2.05, 4.69) is 11.4 Å². The van der Waals surface area contributed by atoms with E-state index < -0.39 is 0 Å². The number of allylic oxidation sites excluding steroid dienone is 3. The van der Waals surface area contributed by atoms with E-state index in [9.17, 15) is 9.59 Å². The van der Waals surface area contributed by atoms with Gasteiger partial charge in [-0.25, -0.2) is 0 Å². The van der Waals surface area contributed by atoms with Crippen LogP contribution in [0.25, 0.3) is 0 Å². The maximum atomic E-state index is 13.3. The normalized spacial score (nSPS) is 24.3. The third kappa shape index (κ3) is 2.95. The van der Waals surface area contributed by atoms with Crippen molar-refractivity contribution in [3.8, 4) is 0 Å². The maximum Gasteiger partial charge on any atom is 0.252 e. The highest BCUT2D eigenvalue weighted by molar-refractivity contribution is 7.10. The van der Waals surface area contributed by atoms with Crippen LogP contribution in [0.5, 0.6) is 0 Å². The Kier molecular flexibility index (Phi) is 4.50. The first-order chi connectivity index (χ1) is 12.2. The van der Waals surface area contributed by atoms with Crippen molar-refractivity contribution in [1.29, 1.82) is 0 Å². The van der Waals surface area contributed by atoms with Crippen LogP contribution >= 0.6 is 11.3 Å². The van der Waals surface area contributed by atoms with Gasteiger partial charge in [-0.2, -0.15) is 0 Å². The molecule has 1 unspecified atom stereocenters. The Bertz CT molecular complexity index is 755. The fourth-order valence-electron chi connectivity index (χ4n) is 4.27. The van der Waals surface area contributed by atoms with Crippen molar-refractivity contribution in [1.82, 2.24) is 10.2 Å². The van der Waals surface area contributed by atoms with Crippen LogP contribution in [-0.4, -0.2) is 29.7 Å². The minimum Gasteiger partial charge on any atom is -0.362 e. The monoisotopic (exact) mass is 356 g/mol. The van der Waals surface area contributed by atoms with Gasteiger partial charge in [0.2, 0.25) is 0 Å². The number of hydrogen-bond donors (Lipinski definition) is 1. The van der Waals surface area contributed by atoms with Gasteiger partial charge in [0.05, 0.1) is 5.92 Å². The molecule has 1 aromatic heterocycles. The molecule has 25 heavy (non-hydrogen) atoms. The molecule has 4 nitrogen and oxygen atoms in total. The number of carbonyl (C=O) groups excluding carboxylic acids is 2. The van der Waals surface area contributed by atoms with Crippen molar-refractivity contribution in [3.05, 3.63) is 44.9 Å². The number of likely N-dealkylation sites (tertiary alicyclic amines) is 1. The molecule has 1 saturated heterocycles. The summed E-state index contributed by atoms with van der Waals surface area (Å²) in [5, 5.41) is 5.44. The third-order valence-corrected chi connectivity index (χ3v) is 6.41. The minimum atomic E-state index is -0.196. The molecule has 2 aliphatic heterocycles. The average molecular weight is 356 g/mol. The second kappa shape index (κ2) is 6.79. The SMILES string of the molecule is CC1=C(C(=O)N2CCCCC2)C(c2cccs2)C2=C(CCCC2=O)N1. The van der Waals surface area contributed by atoms with Crippen LogP contribution in [0, 0.1) is 0 Å². The lowest BCUT2D eigenvalue weighted by atomic mass is 9.77. The summed E-state index contributed by atoms with van der Waals surface area (Å²) >= 11 is 1.64. The highest BCUT2D eigenvalue weighted by Crippen LogP contribution is 2.44. The summed E-state index contributed by atoms with van der Waals surface area (Å²) in [7, 11) is 0. The number of rotatable bonds is 2. The molecule has 1 fully saturated rings. The molecule has 0 aromatic carbocycles. The van der Waals surface area contributed by atoms with Crippen molar-refractivity contribution >= 4 is 23.0 Å². The van der Waals surface area contributed by atoms with Gasteiger partial charge in [-0.05, 0) is 50.5 Å². The molecule has 5 heteroatoms. The van der Waals surface area contributed by atoms with Crippen molar-refractivity contribution in [2.75, 3.05) is 13.1 Å². The molecule has 1 aromatic rings. The zero-order chi connectivity index (χ0) is 17.4. The standard InChI is InChI=1S/C20H24N2O2S/c1-13-17(20(24)22-10-3-2-4-11-22)19(16-9-6-12-25-16)18-14(21-13)7-5-8-15(18)23/h6,9,12,19,21H,2-5,7-8,10-11H2,1H3. The van der Waals surface area contributed by atoms with Gasteiger partial charge >= 0.3 is 0 Å². The predicted octanol–water partition coefficient (Wildman–Crippen LogP) is 3.73. The Morgan fingerprint density at radius 3 is 2.72 bits per heavy atom. The molecular weight excluding hydrogens is 332 g/mol. The Hall–Kier alpha value is -1.88. The molecule has 0 spiro atoms. The van der Waals surface area contributed by atoms with Gasteiger partial charge in [-0.1, -0.05) is 6.07 Å². The second-order valence-electron chi connectivity index (χ2n) is 7.13. The Balaban J connectivity index is 1.78. The molecule has 4 rings (SSSR count). The Morgan fingerprint density at radius 2 is 2.00 bits per heavy atom. The average Bonchev–Trinajstić information content (AvgIpc) is 3.15. The summed E-state index contributed by atoms with van der Waals surface area (Å²) < 4.78 is 0. The van der Waals surface area contributed by atoms with Crippen LogP contribution in [-0.2, 0) is 9.59 Å². The van der Waals surface area contributed by atoms with Gasteiger partial charge in [0.1, 0.15) is 0 Å². The number of thiophene rings is 1. The molecule has 0 radical (unpaired) electrons. The molecule has 0 bridgehead atoms. The summed E-state index contributed by atoms with van der Waals surface area (Å²) in [4.78, 5) is 29.2. The smallest absolute Gasteiger partial charge is 0.252 e. The number of dihydropyridines is 1. The van der Waals surface area contributed by atoms with Crippen LogP contribution < -0.4 is 5.32 Å². The first-order valence-electron chi connectivity index (χ1n) is 9.23. The number of nitrogens with zero attached hydrogens (tertiary/aromatic N) is 1. The first kappa shape index (κ1) is 16.6. The van der Waals surface area contributed by atoms with E-state index >= 15 is 0 Å². The van der Waals surface area contributed by atoms with Crippen LogP contribution in [0.1, 0.15) is 56.2 Å². The number of Topliss-reactive ketones (excluding diaryl/α,β-unsaturated/α-hetero) is 1. The number of ketones is 1. The van der Waals surface area contributed by atoms with Gasteiger partial charge in [0, 0.05) is 46.9 Å². The van der Waals surface area contributed by atoms with Crippen LogP contribution in [0.4, 0.5) is 0 Å². The van der Waals surface area contributed by atoms with Crippen LogP contribution in [0.3, 0.4) is 0 Å². The molecular formula is C20H24N2O2S. The van der Waals surface area contributed by atoms with Crippen molar-refractivity contribution in [2.45, 2.75) is 51.4 Å². The summed E-state index contributed by atoms with van der Waals surface area (Å²) in [5.41, 5.74) is 3.56. The minimum absolute atomic E-state index is 0.105. The van der Waals surface area contributed by atoms with Gasteiger partial charge < -0.3 is 10.2 Å². The van der Waals surface area contributed by atoms with E-state index in [1.807, 2.05) is 23.3 Å². The van der Waals surface area contributed by atoms with E-state index in [0.717, 1.165) is 66.2 Å². The number of piperidine rings is 1. The van der Waals surface area contributed by atoms with E-state index in [4.69, 9.17) is 0 Å². The molecule has 1 amide bonds. The van der Waals surface area contributed by atoms with Crippen LogP contribution in [0.15, 0.2) is 40.1 Å². The lowest BCUT2D eigenvalue weighted by Crippen LogP contribution is -2.41. The Labute approximate surface area is 152 Å². The predicted molar refractivity (Wildman–Crippen MR) is 99.2 cm³/mol. The zero-order valence-electron chi connectivity index (χ0n) is 14.6. The highest BCUT2D eigenvalue weighted by atomic mass is 32.1. The molecule has 0 saturated carbocycles. The zero-order valence-corrected chi connectivity index (χ0v) is 15.5. The first-order valence-corrected chi connectivity index (χ1v) is 10.1. The lowest BCUT2D eigenvalue weighted by Gasteiger charge is -2.36. The van der Waals surface area contributed by atoms with E-state index in [-0.39, 0.29) is 17.6 Å². The van der Waals surface area contributed by atoms with Crippen molar-refractivity contribution in [3.63, 3.8) is 0 Å². The van der Waals surface area contributed by atoms with Crippen molar-refractivity contribution in [2.24, 2.45) is 0 Å². The van der Waals surface area contributed by atoms with E-state index in [1.165, 1.54) is 6.42 Å². The lowest BCUT2D eigenvalue weighted by molar-refractivity contribution is -0.128. The van der Waals surface area contributed by atoms with Gasteiger partial charge in [0.15, 0.2) is 5.78 Å². The molecule has 1 aliphatic carbocycles. The molecule has 132 valence electrons. The van der Waals surface area contributed by atoms with Gasteiger partial charge in [-0.3, -0.25) is 9.59 Å². The Morgan fingerprint density at radius 1 is 1.20 bits per heavy atom. The van der Waals surface area contributed by atoms with E-state index in [1.54, 1.807) is 11.3 Å². The van der Waals surface area contributed by atoms with E-state index in [0.29, 0.717) is 6.42 Å². The quantitative estimate of drug-likeness (QED) is 0.878. The largest absolute Gasteiger partial charge is 0.362 e. The van der Waals surface area contributed by atoms with Crippen LogP contribution in [0.2, 0.25) is 0 Å². The number of nitrogens with one attached hydrogen (secondary N) is 1. The number of hydrogen-bond acceptors (Lipinski definition) is 4.